The Morgan fingerprint density at radius 2 is 1.38 bits per heavy atom. The number of carbonyl (C=O) groups is 2. The summed E-state index contributed by atoms with van der Waals surface area (Å²) in [4.78, 5) is 20.1. The summed E-state index contributed by atoms with van der Waals surface area (Å²) < 4.78 is 0. The van der Waals surface area contributed by atoms with Gasteiger partial charge in [0.2, 0.25) is 0 Å². The van der Waals surface area contributed by atoms with Gasteiger partial charge in [0.15, 0.2) is 0 Å². The largest absolute Gasteiger partial charge is 0.300 e. The molecule has 0 saturated heterocycles. The van der Waals surface area contributed by atoms with Crippen LogP contribution in [-0.2, 0) is 9.59 Å². The second-order valence-electron chi connectivity index (χ2n) is 1.58. The third kappa shape index (κ3) is 9.78. The standard InChI is InChI=1S/C5H8O2.Ca/c1-4(6)3-5(2)7;/h3H2,1-2H3;. The van der Waals surface area contributed by atoms with E-state index in [2.05, 4.69) is 0 Å². The van der Waals surface area contributed by atoms with Crippen molar-refractivity contribution in [3.8, 4) is 0 Å². The van der Waals surface area contributed by atoms with Crippen molar-refractivity contribution in [1.82, 2.24) is 0 Å². The topological polar surface area (TPSA) is 34.1 Å². The van der Waals surface area contributed by atoms with Gasteiger partial charge in [-0.05, 0) is 13.8 Å². The molecule has 2 nitrogen and oxygen atoms in total. The minimum absolute atomic E-state index is 0. The summed E-state index contributed by atoms with van der Waals surface area (Å²) in [6.07, 6.45) is 0.0833. The van der Waals surface area contributed by atoms with Crippen LogP contribution in [0.25, 0.3) is 0 Å². The van der Waals surface area contributed by atoms with Crippen LogP contribution in [0, 0.1) is 0 Å². The Morgan fingerprint density at radius 3 is 1.38 bits per heavy atom. The predicted octanol–water partition coefficient (Wildman–Crippen LogP) is 0.174. The molecule has 8 heavy (non-hydrogen) atoms. The van der Waals surface area contributed by atoms with E-state index >= 15 is 0 Å². The maximum absolute atomic E-state index is 10.0. The summed E-state index contributed by atoms with van der Waals surface area (Å²) in [5.74, 6) is -0.125. The van der Waals surface area contributed by atoms with E-state index < -0.39 is 0 Å². The van der Waals surface area contributed by atoms with Gasteiger partial charge in [0, 0.05) is 37.7 Å². The molecule has 0 N–H and O–H groups in total. The zero-order chi connectivity index (χ0) is 5.86. The Hall–Kier alpha value is 0.600. The molecule has 0 aromatic rings. The molecule has 3 heteroatoms. The normalized spacial score (nSPS) is 7.25. The van der Waals surface area contributed by atoms with Gasteiger partial charge in [0.25, 0.3) is 0 Å². The average molecular weight is 140 g/mol. The Labute approximate surface area is 78.6 Å². The maximum Gasteiger partial charge on any atom is 0.137 e. The minimum Gasteiger partial charge on any atom is -0.300 e. The molecule has 42 valence electrons. The molecule has 0 aromatic carbocycles. The molecule has 0 aliphatic rings. The molecule has 0 saturated carbocycles. The fourth-order valence-corrected chi connectivity index (χ4v) is 0.351. The van der Waals surface area contributed by atoms with Crippen LogP contribution in [0.15, 0.2) is 0 Å². The van der Waals surface area contributed by atoms with E-state index in [9.17, 15) is 9.59 Å². The van der Waals surface area contributed by atoms with E-state index in [4.69, 9.17) is 0 Å². The molecule has 0 atom stereocenters. The quantitative estimate of drug-likeness (QED) is 0.405. The molecule has 0 amide bonds. The Bertz CT molecular complexity index is 86.6. The van der Waals surface area contributed by atoms with E-state index in [-0.39, 0.29) is 55.7 Å². The van der Waals surface area contributed by atoms with Gasteiger partial charge in [-0.2, -0.15) is 0 Å². The van der Waals surface area contributed by atoms with Crippen molar-refractivity contribution in [2.24, 2.45) is 0 Å². The number of hydrogen-bond acceptors (Lipinski definition) is 2. The first kappa shape index (κ1) is 11.4. The first-order valence-electron chi connectivity index (χ1n) is 2.12. The smallest absolute Gasteiger partial charge is 0.137 e. The Kier molecular flexibility index (Phi) is 8.17. The van der Waals surface area contributed by atoms with Crippen LogP contribution in [0.3, 0.4) is 0 Å². The van der Waals surface area contributed by atoms with Gasteiger partial charge in [-0.1, -0.05) is 0 Å². The van der Waals surface area contributed by atoms with Gasteiger partial charge in [-0.25, -0.2) is 0 Å². The van der Waals surface area contributed by atoms with E-state index in [0.717, 1.165) is 0 Å². The molecule has 0 bridgehead atoms. The molecular weight excluding hydrogens is 132 g/mol. The molecule has 2 radical (unpaired) electrons. The summed E-state index contributed by atoms with van der Waals surface area (Å²) >= 11 is 0. The van der Waals surface area contributed by atoms with Crippen molar-refractivity contribution < 1.29 is 9.59 Å². The van der Waals surface area contributed by atoms with Gasteiger partial charge in [0.1, 0.15) is 11.6 Å². The molecule has 0 unspecified atom stereocenters. The molecule has 0 aromatic heterocycles. The van der Waals surface area contributed by atoms with Crippen molar-refractivity contribution in [1.29, 1.82) is 0 Å². The SMILES string of the molecule is CC(=O)CC(C)=O.[Ca]. The molecule has 0 aliphatic heterocycles. The molecular formula is C5H8CaO2. The average Bonchev–Trinajstić information content (AvgIpc) is 1.27. The zero-order valence-corrected chi connectivity index (χ0v) is 7.44. The van der Waals surface area contributed by atoms with Crippen molar-refractivity contribution in [3.63, 3.8) is 0 Å². The molecule has 0 fully saturated rings. The van der Waals surface area contributed by atoms with E-state index in [0.29, 0.717) is 0 Å². The molecule has 0 heterocycles. The van der Waals surface area contributed by atoms with Gasteiger partial charge in [-0.15, -0.1) is 0 Å². The predicted molar refractivity (Wildman–Crippen MR) is 31.7 cm³/mol. The number of ketones is 2. The van der Waals surface area contributed by atoms with Crippen LogP contribution in [0.5, 0.6) is 0 Å². The van der Waals surface area contributed by atoms with Gasteiger partial charge in [0.05, 0.1) is 6.42 Å². The minimum atomic E-state index is -0.0625. The summed E-state index contributed by atoms with van der Waals surface area (Å²) in [5, 5.41) is 0. The number of carbonyl (C=O) groups excluding carboxylic acids is 2. The van der Waals surface area contributed by atoms with Crippen molar-refractivity contribution in [2.45, 2.75) is 20.3 Å². The zero-order valence-electron chi connectivity index (χ0n) is 5.23. The molecule has 0 spiro atoms. The van der Waals surface area contributed by atoms with Gasteiger partial charge >= 0.3 is 0 Å². The first-order valence-corrected chi connectivity index (χ1v) is 2.12. The van der Waals surface area contributed by atoms with Gasteiger partial charge < -0.3 is 0 Å². The number of rotatable bonds is 2. The van der Waals surface area contributed by atoms with Crippen LogP contribution in [0.2, 0.25) is 0 Å². The fourth-order valence-electron chi connectivity index (χ4n) is 0.351. The summed E-state index contributed by atoms with van der Waals surface area (Å²) in [7, 11) is 0. The summed E-state index contributed by atoms with van der Waals surface area (Å²) in [5.41, 5.74) is 0. The maximum atomic E-state index is 10.0. The van der Waals surface area contributed by atoms with Gasteiger partial charge in [-0.3, -0.25) is 9.59 Å². The fraction of sp³-hybridized carbons (Fsp3) is 0.600. The summed E-state index contributed by atoms with van der Waals surface area (Å²) in [6, 6.07) is 0. The van der Waals surface area contributed by atoms with E-state index in [1.807, 2.05) is 0 Å². The van der Waals surface area contributed by atoms with Crippen molar-refractivity contribution in [2.75, 3.05) is 0 Å². The Balaban J connectivity index is 0. The molecule has 0 rings (SSSR count). The van der Waals surface area contributed by atoms with Crippen molar-refractivity contribution >= 4 is 49.3 Å². The number of hydrogen-bond donors (Lipinski definition) is 0. The molecule has 0 aliphatic carbocycles. The van der Waals surface area contributed by atoms with Crippen LogP contribution < -0.4 is 0 Å². The third-order valence-electron chi connectivity index (χ3n) is 0.498. The second kappa shape index (κ2) is 5.73. The third-order valence-corrected chi connectivity index (χ3v) is 0.498. The number of Topliss-reactive ketones (excluding diaryl/α,β-unsaturated/α-hetero) is 2. The van der Waals surface area contributed by atoms with Crippen LogP contribution in [0.4, 0.5) is 0 Å². The van der Waals surface area contributed by atoms with Crippen LogP contribution in [0.1, 0.15) is 20.3 Å². The van der Waals surface area contributed by atoms with Crippen LogP contribution >= 0.6 is 0 Å². The van der Waals surface area contributed by atoms with E-state index in [1.165, 1.54) is 13.8 Å². The van der Waals surface area contributed by atoms with Crippen molar-refractivity contribution in [3.05, 3.63) is 0 Å². The first-order chi connectivity index (χ1) is 3.13. The summed E-state index contributed by atoms with van der Waals surface area (Å²) in [6.45, 7) is 2.81. The second-order valence-corrected chi connectivity index (χ2v) is 1.58. The van der Waals surface area contributed by atoms with Crippen LogP contribution in [-0.4, -0.2) is 49.3 Å². The Morgan fingerprint density at radius 1 is 1.12 bits per heavy atom. The van der Waals surface area contributed by atoms with E-state index in [1.54, 1.807) is 0 Å². The monoisotopic (exact) mass is 140 g/mol.